The lowest BCUT2D eigenvalue weighted by Crippen LogP contribution is -2.32. The quantitative estimate of drug-likeness (QED) is 0.832. The molecule has 0 amide bonds. The van der Waals surface area contributed by atoms with Gasteiger partial charge in [-0.05, 0) is 40.0 Å². The highest BCUT2D eigenvalue weighted by Gasteiger charge is 2.14. The Labute approximate surface area is 113 Å². The van der Waals surface area contributed by atoms with Crippen molar-refractivity contribution < 1.29 is 8.78 Å². The maximum Gasteiger partial charge on any atom is 0.126 e. The minimum absolute atomic E-state index is 0.256. The molecule has 96 valence electrons. The van der Waals surface area contributed by atoms with E-state index in [-0.39, 0.29) is 6.42 Å². The first-order valence-corrected chi connectivity index (χ1v) is 5.97. The van der Waals surface area contributed by atoms with E-state index in [4.69, 9.17) is 5.73 Å². The van der Waals surface area contributed by atoms with E-state index in [0.29, 0.717) is 15.8 Å². The molecule has 1 rings (SSSR count). The van der Waals surface area contributed by atoms with Crippen molar-refractivity contribution >= 4 is 21.6 Å². The fourth-order valence-corrected chi connectivity index (χ4v) is 1.94. The number of nitrogens with zero attached hydrogens (tertiary/aromatic N) is 1. The Balaban J connectivity index is 2.92. The van der Waals surface area contributed by atoms with Gasteiger partial charge in [0.25, 0.3) is 0 Å². The van der Waals surface area contributed by atoms with E-state index in [2.05, 4.69) is 34.1 Å². The first-order chi connectivity index (χ1) is 8.43. The number of halogens is 3. The van der Waals surface area contributed by atoms with Crippen LogP contribution in [0.3, 0.4) is 0 Å². The highest BCUT2D eigenvalue weighted by atomic mass is 79.9. The van der Waals surface area contributed by atoms with Gasteiger partial charge in [0.1, 0.15) is 11.6 Å². The van der Waals surface area contributed by atoms with Crippen molar-refractivity contribution in [1.82, 2.24) is 0 Å². The predicted molar refractivity (Wildman–Crippen MR) is 73.7 cm³/mol. The lowest BCUT2D eigenvalue weighted by molar-refractivity contribution is 0.579. The summed E-state index contributed by atoms with van der Waals surface area (Å²) in [6.07, 6.45) is 1.60. The molecule has 0 heterocycles. The molecule has 5 heteroatoms. The second-order valence-electron chi connectivity index (χ2n) is 3.69. The largest absolute Gasteiger partial charge is 0.322 e. The molecular weight excluding hydrogens is 302 g/mol. The molecule has 0 saturated carbocycles. The summed E-state index contributed by atoms with van der Waals surface area (Å²) >= 11 is 3.18. The molecule has 0 aliphatic carbocycles. The lowest BCUT2D eigenvalue weighted by Gasteiger charge is -2.13. The Kier molecular flexibility index (Phi) is 5.37. The predicted octanol–water partition coefficient (Wildman–Crippen LogP) is 3.33. The van der Waals surface area contributed by atoms with Crippen molar-refractivity contribution in [1.29, 1.82) is 0 Å². The SMILES string of the molecule is C=CN=C(C(=C)Br)C(N)Cc1cc(F)cc(F)c1. The summed E-state index contributed by atoms with van der Waals surface area (Å²) in [4.78, 5) is 3.99. The third-order valence-corrected chi connectivity index (χ3v) is 2.64. The molecule has 1 aromatic carbocycles. The summed E-state index contributed by atoms with van der Waals surface area (Å²) in [5.41, 5.74) is 6.88. The highest BCUT2D eigenvalue weighted by molar-refractivity contribution is 9.12. The van der Waals surface area contributed by atoms with Gasteiger partial charge in [-0.1, -0.05) is 13.2 Å². The molecular formula is C13H13BrF2N2. The second kappa shape index (κ2) is 6.56. The number of aliphatic imine (C=N–C) groups is 1. The van der Waals surface area contributed by atoms with Crippen LogP contribution in [0.15, 0.2) is 47.0 Å². The van der Waals surface area contributed by atoms with E-state index in [1.54, 1.807) is 0 Å². The highest BCUT2D eigenvalue weighted by Crippen LogP contribution is 2.14. The summed E-state index contributed by atoms with van der Waals surface area (Å²) in [7, 11) is 0. The molecule has 0 bridgehead atoms. The van der Waals surface area contributed by atoms with Crippen LogP contribution in [0.1, 0.15) is 5.56 Å². The third kappa shape index (κ3) is 4.16. The van der Waals surface area contributed by atoms with Crippen LogP contribution in [0.25, 0.3) is 0 Å². The average molecular weight is 315 g/mol. The van der Waals surface area contributed by atoms with Crippen molar-refractivity contribution in [2.24, 2.45) is 10.7 Å². The standard InChI is InChI=1S/C13H13BrF2N2/c1-3-18-13(8(2)14)12(17)6-9-4-10(15)7-11(16)5-9/h3-5,7,12H,1-2,6,17H2. The maximum absolute atomic E-state index is 13.0. The molecule has 0 aliphatic heterocycles. The summed E-state index contributed by atoms with van der Waals surface area (Å²) in [5, 5.41) is 0. The topological polar surface area (TPSA) is 38.4 Å². The third-order valence-electron chi connectivity index (χ3n) is 2.24. The Hall–Kier alpha value is -1.33. The van der Waals surface area contributed by atoms with Crippen molar-refractivity contribution in [3.05, 3.63) is 59.2 Å². The van der Waals surface area contributed by atoms with Gasteiger partial charge in [-0.2, -0.15) is 0 Å². The van der Waals surface area contributed by atoms with Gasteiger partial charge in [0, 0.05) is 16.7 Å². The van der Waals surface area contributed by atoms with Gasteiger partial charge in [0.2, 0.25) is 0 Å². The van der Waals surface area contributed by atoms with Crippen LogP contribution in [0, 0.1) is 11.6 Å². The Morgan fingerprint density at radius 1 is 1.39 bits per heavy atom. The molecule has 1 aromatic rings. The fraction of sp³-hybridized carbons (Fsp3) is 0.154. The summed E-state index contributed by atoms with van der Waals surface area (Å²) in [6, 6.07) is 2.78. The van der Waals surface area contributed by atoms with Crippen LogP contribution in [0.4, 0.5) is 8.78 Å². The Bertz CT molecular complexity index is 478. The first-order valence-electron chi connectivity index (χ1n) is 5.18. The summed E-state index contributed by atoms with van der Waals surface area (Å²) in [5.74, 6) is -1.26. The normalized spacial score (nSPS) is 13.2. The zero-order chi connectivity index (χ0) is 13.7. The molecule has 0 radical (unpaired) electrons. The zero-order valence-corrected chi connectivity index (χ0v) is 11.3. The van der Waals surface area contributed by atoms with Gasteiger partial charge in [0.15, 0.2) is 0 Å². The minimum atomic E-state index is -0.628. The monoisotopic (exact) mass is 314 g/mol. The lowest BCUT2D eigenvalue weighted by atomic mass is 10.0. The van der Waals surface area contributed by atoms with E-state index in [1.807, 2.05) is 0 Å². The molecule has 1 unspecified atom stereocenters. The summed E-state index contributed by atoms with van der Waals surface area (Å²) < 4.78 is 26.6. The average Bonchev–Trinajstić information content (AvgIpc) is 2.23. The van der Waals surface area contributed by atoms with Gasteiger partial charge < -0.3 is 5.73 Å². The molecule has 0 aliphatic rings. The molecule has 0 saturated heterocycles. The van der Waals surface area contributed by atoms with Crippen LogP contribution in [-0.4, -0.2) is 11.8 Å². The van der Waals surface area contributed by atoms with Gasteiger partial charge in [0.05, 0.1) is 11.8 Å². The van der Waals surface area contributed by atoms with Gasteiger partial charge in [-0.3, -0.25) is 4.99 Å². The van der Waals surface area contributed by atoms with Crippen molar-refractivity contribution in [2.75, 3.05) is 0 Å². The van der Waals surface area contributed by atoms with Gasteiger partial charge in [-0.15, -0.1) is 0 Å². The zero-order valence-electron chi connectivity index (χ0n) is 9.67. The van der Waals surface area contributed by atoms with E-state index >= 15 is 0 Å². The van der Waals surface area contributed by atoms with Crippen LogP contribution in [-0.2, 0) is 6.42 Å². The smallest absolute Gasteiger partial charge is 0.126 e. The minimum Gasteiger partial charge on any atom is -0.322 e. The van der Waals surface area contributed by atoms with E-state index in [9.17, 15) is 8.78 Å². The Morgan fingerprint density at radius 2 is 1.94 bits per heavy atom. The van der Waals surface area contributed by atoms with Crippen LogP contribution in [0.2, 0.25) is 0 Å². The molecule has 0 aromatic heterocycles. The van der Waals surface area contributed by atoms with Crippen LogP contribution in [0.5, 0.6) is 0 Å². The van der Waals surface area contributed by atoms with E-state index < -0.39 is 17.7 Å². The fourth-order valence-electron chi connectivity index (χ4n) is 1.54. The van der Waals surface area contributed by atoms with Gasteiger partial charge in [-0.25, -0.2) is 8.78 Å². The van der Waals surface area contributed by atoms with Crippen molar-refractivity contribution in [3.63, 3.8) is 0 Å². The van der Waals surface area contributed by atoms with Gasteiger partial charge >= 0.3 is 0 Å². The number of nitrogens with two attached hydrogens (primary N) is 1. The number of benzene rings is 1. The van der Waals surface area contributed by atoms with Crippen LogP contribution < -0.4 is 5.73 Å². The summed E-state index contributed by atoms with van der Waals surface area (Å²) in [6.45, 7) is 7.16. The number of hydrogen-bond acceptors (Lipinski definition) is 2. The van der Waals surface area contributed by atoms with Crippen molar-refractivity contribution in [3.8, 4) is 0 Å². The maximum atomic E-state index is 13.0. The number of hydrogen-bond donors (Lipinski definition) is 1. The first kappa shape index (κ1) is 14.7. The molecule has 2 nitrogen and oxygen atoms in total. The Morgan fingerprint density at radius 3 is 2.39 bits per heavy atom. The van der Waals surface area contributed by atoms with E-state index in [1.165, 1.54) is 18.3 Å². The molecule has 0 spiro atoms. The molecule has 1 atom stereocenters. The molecule has 2 N–H and O–H groups in total. The molecule has 0 fully saturated rings. The number of rotatable bonds is 5. The second-order valence-corrected chi connectivity index (χ2v) is 4.65. The van der Waals surface area contributed by atoms with E-state index in [0.717, 1.165) is 6.07 Å². The van der Waals surface area contributed by atoms with Crippen molar-refractivity contribution in [2.45, 2.75) is 12.5 Å². The molecule has 18 heavy (non-hydrogen) atoms. The van der Waals surface area contributed by atoms with Crippen LogP contribution >= 0.6 is 15.9 Å².